The molecular weight excluding hydrogens is 425 g/mol. The Hall–Kier alpha value is -3.73. The molecule has 5 heteroatoms. The lowest BCUT2D eigenvalue weighted by Gasteiger charge is -2.22. The molecule has 0 unspecified atom stereocenters. The van der Waals surface area contributed by atoms with E-state index >= 15 is 0 Å². The highest BCUT2D eigenvalue weighted by atomic mass is 19.4. The molecule has 0 saturated carbocycles. The Bertz CT molecular complexity index is 1460. The fourth-order valence-electron chi connectivity index (χ4n) is 4.97. The molecular formula is C28H19F3O2. The summed E-state index contributed by atoms with van der Waals surface area (Å²) in [5, 5.41) is 4.58. The summed E-state index contributed by atoms with van der Waals surface area (Å²) in [7, 11) is 0. The molecule has 0 fully saturated rings. The minimum Gasteiger partial charge on any atom is -0.464 e. The number of rotatable bonds is 2. The molecule has 6 rings (SSSR count). The van der Waals surface area contributed by atoms with Gasteiger partial charge in [-0.2, -0.15) is 0 Å². The SMILES string of the molecule is FC(F)(F)Oc1ccc(-c2ccc3c4c(c5ccc6c(c5c3c2)CCC=C6)OC=CC4)cc1. The molecule has 2 aliphatic rings. The summed E-state index contributed by atoms with van der Waals surface area (Å²) in [6, 6.07) is 16.6. The van der Waals surface area contributed by atoms with Crippen LogP contribution in [0.3, 0.4) is 0 Å². The average Bonchev–Trinajstić information content (AvgIpc) is 2.83. The Morgan fingerprint density at radius 1 is 0.788 bits per heavy atom. The molecule has 33 heavy (non-hydrogen) atoms. The minimum atomic E-state index is -4.70. The Balaban J connectivity index is 1.57. The second-order valence-electron chi connectivity index (χ2n) is 8.33. The van der Waals surface area contributed by atoms with Gasteiger partial charge in [-0.1, -0.05) is 42.5 Å². The lowest BCUT2D eigenvalue weighted by Crippen LogP contribution is -2.16. The van der Waals surface area contributed by atoms with Gasteiger partial charge in [0, 0.05) is 10.9 Å². The van der Waals surface area contributed by atoms with Crippen molar-refractivity contribution in [2.24, 2.45) is 0 Å². The van der Waals surface area contributed by atoms with Crippen molar-refractivity contribution in [1.82, 2.24) is 0 Å². The lowest BCUT2D eigenvalue weighted by atomic mass is 9.85. The Morgan fingerprint density at radius 2 is 1.58 bits per heavy atom. The maximum atomic E-state index is 12.5. The number of allylic oxidation sites excluding steroid dienone is 2. The fraction of sp³-hybridized carbons (Fsp3) is 0.143. The number of ether oxygens (including phenoxy) is 2. The number of aryl methyl sites for hydroxylation is 1. The third-order valence-corrected chi connectivity index (χ3v) is 6.37. The van der Waals surface area contributed by atoms with Crippen LogP contribution < -0.4 is 9.47 Å². The molecule has 0 bridgehead atoms. The molecule has 0 saturated heterocycles. The zero-order valence-electron chi connectivity index (χ0n) is 17.6. The summed E-state index contributed by atoms with van der Waals surface area (Å²) < 4.78 is 47.6. The Morgan fingerprint density at radius 3 is 2.39 bits per heavy atom. The van der Waals surface area contributed by atoms with Crippen molar-refractivity contribution in [2.75, 3.05) is 0 Å². The van der Waals surface area contributed by atoms with E-state index in [1.54, 1.807) is 18.4 Å². The second kappa shape index (κ2) is 7.41. The molecule has 0 N–H and O–H groups in total. The third-order valence-electron chi connectivity index (χ3n) is 6.37. The van der Waals surface area contributed by atoms with Crippen LogP contribution in [0.4, 0.5) is 13.2 Å². The van der Waals surface area contributed by atoms with Gasteiger partial charge in [0.15, 0.2) is 0 Å². The van der Waals surface area contributed by atoms with Crippen LogP contribution in [0.1, 0.15) is 23.1 Å². The zero-order valence-corrected chi connectivity index (χ0v) is 17.6. The fourth-order valence-corrected chi connectivity index (χ4v) is 4.97. The van der Waals surface area contributed by atoms with E-state index < -0.39 is 6.36 Å². The number of fused-ring (bicyclic) bond motifs is 8. The Labute approximate surface area is 188 Å². The van der Waals surface area contributed by atoms with Gasteiger partial charge >= 0.3 is 6.36 Å². The van der Waals surface area contributed by atoms with Crippen LogP contribution in [-0.2, 0) is 12.8 Å². The topological polar surface area (TPSA) is 18.5 Å². The first kappa shape index (κ1) is 19.9. The van der Waals surface area contributed by atoms with E-state index in [9.17, 15) is 13.2 Å². The molecule has 1 aliphatic carbocycles. The molecule has 1 heterocycles. The summed E-state index contributed by atoms with van der Waals surface area (Å²) >= 11 is 0. The van der Waals surface area contributed by atoms with Crippen molar-refractivity contribution >= 4 is 27.6 Å². The highest BCUT2D eigenvalue weighted by Crippen LogP contribution is 2.44. The first-order valence-corrected chi connectivity index (χ1v) is 10.9. The third kappa shape index (κ3) is 3.44. The zero-order chi connectivity index (χ0) is 22.6. The van der Waals surface area contributed by atoms with Crippen molar-refractivity contribution in [2.45, 2.75) is 25.6 Å². The number of halogens is 3. The molecule has 4 aromatic carbocycles. The minimum absolute atomic E-state index is 0.226. The predicted molar refractivity (Wildman–Crippen MR) is 124 cm³/mol. The standard InChI is InChI=1S/C28H19F3O2/c29-28(30,31)33-20-11-7-17(8-12-20)19-10-13-22-23-6-3-15-32-27(23)24-14-9-18-4-1-2-5-21(18)26(24)25(22)16-19/h1,3-4,7-16H,2,5-6H2. The monoisotopic (exact) mass is 444 g/mol. The maximum absolute atomic E-state index is 12.5. The van der Waals surface area contributed by atoms with Crippen LogP contribution in [0.2, 0.25) is 0 Å². The van der Waals surface area contributed by atoms with E-state index in [4.69, 9.17) is 4.74 Å². The summed E-state index contributed by atoms with van der Waals surface area (Å²) in [6.07, 6.45) is 6.19. The first-order chi connectivity index (χ1) is 16.0. The second-order valence-corrected chi connectivity index (χ2v) is 8.33. The number of alkyl halides is 3. The normalized spacial score (nSPS) is 14.8. The van der Waals surface area contributed by atoms with E-state index in [0.717, 1.165) is 57.9 Å². The van der Waals surface area contributed by atoms with Crippen LogP contribution in [0, 0.1) is 0 Å². The van der Waals surface area contributed by atoms with E-state index in [0.29, 0.717) is 0 Å². The maximum Gasteiger partial charge on any atom is 0.573 e. The van der Waals surface area contributed by atoms with Gasteiger partial charge in [-0.3, -0.25) is 0 Å². The van der Waals surface area contributed by atoms with Gasteiger partial charge in [0.1, 0.15) is 11.5 Å². The molecule has 4 aromatic rings. The van der Waals surface area contributed by atoms with Gasteiger partial charge in [0.2, 0.25) is 0 Å². The van der Waals surface area contributed by atoms with Gasteiger partial charge in [-0.15, -0.1) is 13.2 Å². The molecule has 0 spiro atoms. The largest absolute Gasteiger partial charge is 0.573 e. The number of hydrogen-bond acceptors (Lipinski definition) is 2. The molecule has 0 aromatic heterocycles. The van der Waals surface area contributed by atoms with Gasteiger partial charge in [-0.25, -0.2) is 0 Å². The summed E-state index contributed by atoms with van der Waals surface area (Å²) in [4.78, 5) is 0. The van der Waals surface area contributed by atoms with Crippen molar-refractivity contribution in [3.05, 3.63) is 89.7 Å². The van der Waals surface area contributed by atoms with Crippen LogP contribution >= 0.6 is 0 Å². The van der Waals surface area contributed by atoms with E-state index in [2.05, 4.69) is 41.2 Å². The van der Waals surface area contributed by atoms with E-state index in [-0.39, 0.29) is 5.75 Å². The van der Waals surface area contributed by atoms with Crippen molar-refractivity contribution < 1.29 is 22.6 Å². The highest BCUT2D eigenvalue weighted by Gasteiger charge is 2.31. The lowest BCUT2D eigenvalue weighted by molar-refractivity contribution is -0.274. The van der Waals surface area contributed by atoms with Crippen molar-refractivity contribution in [3.8, 4) is 22.6 Å². The Kier molecular flexibility index (Phi) is 4.47. The molecule has 1 aliphatic heterocycles. The molecule has 2 nitrogen and oxygen atoms in total. The van der Waals surface area contributed by atoms with Gasteiger partial charge < -0.3 is 9.47 Å². The summed E-state index contributed by atoms with van der Waals surface area (Å²) in [5.41, 5.74) is 5.47. The van der Waals surface area contributed by atoms with Crippen LogP contribution in [0.15, 0.2) is 73.0 Å². The summed E-state index contributed by atoms with van der Waals surface area (Å²) in [6.45, 7) is 0. The predicted octanol–water partition coefficient (Wildman–Crippen LogP) is 7.97. The van der Waals surface area contributed by atoms with Gasteiger partial charge in [0.05, 0.1) is 6.26 Å². The summed E-state index contributed by atoms with van der Waals surface area (Å²) in [5.74, 6) is 0.690. The van der Waals surface area contributed by atoms with Crippen LogP contribution in [0.5, 0.6) is 11.5 Å². The number of hydrogen-bond donors (Lipinski definition) is 0. The average molecular weight is 444 g/mol. The van der Waals surface area contributed by atoms with Crippen molar-refractivity contribution in [3.63, 3.8) is 0 Å². The molecule has 0 amide bonds. The highest BCUT2D eigenvalue weighted by molar-refractivity contribution is 6.15. The van der Waals surface area contributed by atoms with E-state index in [1.807, 2.05) is 12.1 Å². The molecule has 0 radical (unpaired) electrons. The smallest absolute Gasteiger partial charge is 0.464 e. The van der Waals surface area contributed by atoms with Crippen molar-refractivity contribution in [1.29, 1.82) is 0 Å². The van der Waals surface area contributed by atoms with E-state index in [1.165, 1.54) is 28.6 Å². The van der Waals surface area contributed by atoms with Gasteiger partial charge in [0.25, 0.3) is 0 Å². The quantitative estimate of drug-likeness (QED) is 0.292. The molecule has 164 valence electrons. The molecule has 0 atom stereocenters. The van der Waals surface area contributed by atoms with Crippen LogP contribution in [0.25, 0.3) is 38.7 Å². The first-order valence-electron chi connectivity index (χ1n) is 10.9. The van der Waals surface area contributed by atoms with Gasteiger partial charge in [-0.05, 0) is 88.0 Å². The van der Waals surface area contributed by atoms with Crippen LogP contribution in [-0.4, -0.2) is 6.36 Å². The number of benzene rings is 4.